The molecular weight excluding hydrogens is 515 g/mol. The average molecular weight is 545 g/mol. The third-order valence-corrected chi connectivity index (χ3v) is 9.43. The minimum atomic E-state index is -4.20. The zero-order chi connectivity index (χ0) is 26.5. The van der Waals surface area contributed by atoms with Crippen LogP contribution >= 0.6 is 23.2 Å². The molecule has 0 amide bonds. The topological polar surface area (TPSA) is 113 Å². The second-order valence-electron chi connectivity index (χ2n) is 10.0. The monoisotopic (exact) mass is 544 g/mol. The van der Waals surface area contributed by atoms with Gasteiger partial charge in [-0.2, -0.15) is 0 Å². The van der Waals surface area contributed by atoms with Crippen molar-refractivity contribution in [1.82, 2.24) is 10.2 Å². The Balaban J connectivity index is 2.24. The van der Waals surface area contributed by atoms with Crippen LogP contribution in [0.25, 0.3) is 0 Å². The molecular formula is C24H30Cl2N2O6S. The van der Waals surface area contributed by atoms with E-state index in [1.54, 1.807) is 64.8 Å². The fourth-order valence-corrected chi connectivity index (χ4v) is 7.17. The lowest BCUT2D eigenvalue weighted by Crippen LogP contribution is -2.44. The van der Waals surface area contributed by atoms with Crippen molar-refractivity contribution in [3.05, 3.63) is 55.7 Å². The molecule has 11 heteroatoms. The number of allylic oxidation sites excluding steroid dienone is 2. The van der Waals surface area contributed by atoms with Gasteiger partial charge in [0.05, 0.1) is 31.9 Å². The molecule has 0 bridgehead atoms. The summed E-state index contributed by atoms with van der Waals surface area (Å²) in [5.41, 5.74) is -0.0201. The maximum atomic E-state index is 14.2. The van der Waals surface area contributed by atoms with Gasteiger partial charge in [0.1, 0.15) is 11.4 Å². The fraction of sp³-hybridized carbons (Fsp3) is 0.500. The van der Waals surface area contributed by atoms with Crippen molar-refractivity contribution in [2.75, 3.05) is 20.1 Å². The second-order valence-corrected chi connectivity index (χ2v) is 12.9. The number of benzene rings is 1. The van der Waals surface area contributed by atoms with Crippen molar-refractivity contribution < 1.29 is 27.9 Å². The average Bonchev–Trinajstić information content (AvgIpc) is 2.81. The highest BCUT2D eigenvalue weighted by molar-refractivity contribution is 7.96. The van der Waals surface area contributed by atoms with Gasteiger partial charge in [-0.05, 0) is 53.3 Å². The number of esters is 1. The Morgan fingerprint density at radius 3 is 2.46 bits per heavy atom. The minimum absolute atomic E-state index is 0.0764. The maximum absolute atomic E-state index is 14.2. The largest absolute Gasteiger partial charge is 0.478 e. The highest BCUT2D eigenvalue weighted by Crippen LogP contribution is 2.47. The van der Waals surface area contributed by atoms with Crippen molar-refractivity contribution in [3.8, 4) is 0 Å². The summed E-state index contributed by atoms with van der Waals surface area (Å²) < 4.78 is 34.1. The molecule has 3 unspecified atom stereocenters. The Kier molecular flexibility index (Phi) is 7.68. The van der Waals surface area contributed by atoms with Gasteiger partial charge >= 0.3 is 11.9 Å². The number of ether oxygens (including phenoxy) is 1. The molecule has 2 aliphatic heterocycles. The molecule has 2 N–H and O–H groups in total. The highest BCUT2D eigenvalue weighted by Gasteiger charge is 2.48. The standard InChI is InChI=1S/C24H30Cl2N2O6S/c1-12-18(22(29)30)19(14-8-7-9-15(25)20(14)26)21-16(27-12)10-28(6)11-17(35(21,32)33)13(2)34-23(31)24(3,4)5/h7-9,13,17,19,27H,10-11H2,1-6H3,(H,29,30). The first-order valence-corrected chi connectivity index (χ1v) is 13.4. The Hall–Kier alpha value is -2.07. The maximum Gasteiger partial charge on any atom is 0.334 e. The van der Waals surface area contributed by atoms with Gasteiger partial charge in [-0.25, -0.2) is 13.2 Å². The first-order chi connectivity index (χ1) is 16.1. The van der Waals surface area contributed by atoms with Gasteiger partial charge in [0, 0.05) is 24.5 Å². The molecule has 1 aromatic carbocycles. The van der Waals surface area contributed by atoms with Gasteiger partial charge in [-0.3, -0.25) is 9.69 Å². The minimum Gasteiger partial charge on any atom is -0.478 e. The number of carbonyl (C=O) groups is 2. The molecule has 0 saturated heterocycles. The zero-order valence-corrected chi connectivity index (χ0v) is 22.8. The zero-order valence-electron chi connectivity index (χ0n) is 20.5. The van der Waals surface area contributed by atoms with Crippen molar-refractivity contribution in [2.24, 2.45) is 5.41 Å². The van der Waals surface area contributed by atoms with Gasteiger partial charge in [0.2, 0.25) is 0 Å². The lowest BCUT2D eigenvalue weighted by molar-refractivity contribution is -0.157. The first-order valence-electron chi connectivity index (χ1n) is 11.1. The number of nitrogens with one attached hydrogen (secondary N) is 1. The number of dihydropyridines is 1. The van der Waals surface area contributed by atoms with E-state index >= 15 is 0 Å². The number of hydrogen-bond acceptors (Lipinski definition) is 7. The number of rotatable bonds is 4. The summed E-state index contributed by atoms with van der Waals surface area (Å²) in [5, 5.41) is 12.2. The van der Waals surface area contributed by atoms with Crippen LogP contribution in [0.3, 0.4) is 0 Å². The quantitative estimate of drug-likeness (QED) is 0.547. The molecule has 0 saturated carbocycles. The molecule has 3 rings (SSSR count). The van der Waals surface area contributed by atoms with Crippen LogP contribution < -0.4 is 5.32 Å². The van der Waals surface area contributed by atoms with E-state index in [0.29, 0.717) is 11.4 Å². The summed E-state index contributed by atoms with van der Waals surface area (Å²) in [6.45, 7) is 8.47. The Morgan fingerprint density at radius 2 is 1.89 bits per heavy atom. The van der Waals surface area contributed by atoms with Gasteiger partial charge in [0.15, 0.2) is 9.84 Å². The van der Waals surface area contributed by atoms with Crippen molar-refractivity contribution in [1.29, 1.82) is 0 Å². The van der Waals surface area contributed by atoms with Crippen LogP contribution in [-0.2, 0) is 24.2 Å². The number of carboxylic acids is 1. The summed E-state index contributed by atoms with van der Waals surface area (Å²) in [6.07, 6.45) is -0.989. The van der Waals surface area contributed by atoms with Gasteiger partial charge in [-0.1, -0.05) is 35.3 Å². The van der Waals surface area contributed by atoms with Gasteiger partial charge < -0.3 is 15.2 Å². The third-order valence-electron chi connectivity index (χ3n) is 6.17. The summed E-state index contributed by atoms with van der Waals surface area (Å²) in [4.78, 5) is 26.6. The Labute approximate surface area is 215 Å². The van der Waals surface area contributed by atoms with E-state index in [-0.39, 0.29) is 39.2 Å². The van der Waals surface area contributed by atoms with E-state index in [1.807, 2.05) is 0 Å². The molecule has 0 aromatic heterocycles. The summed E-state index contributed by atoms with van der Waals surface area (Å²) >= 11 is 12.7. The van der Waals surface area contributed by atoms with Gasteiger partial charge in [0.25, 0.3) is 0 Å². The number of aliphatic carboxylic acids is 1. The number of halogens is 2. The van der Waals surface area contributed by atoms with E-state index in [0.717, 1.165) is 0 Å². The van der Waals surface area contributed by atoms with Crippen molar-refractivity contribution in [2.45, 2.75) is 51.9 Å². The van der Waals surface area contributed by atoms with Crippen LogP contribution in [0.15, 0.2) is 40.1 Å². The van der Waals surface area contributed by atoms with E-state index in [1.165, 1.54) is 0 Å². The fourth-order valence-electron chi connectivity index (χ4n) is 4.38. The number of carboxylic acid groups (broad SMARTS) is 1. The molecule has 2 heterocycles. The van der Waals surface area contributed by atoms with Crippen LogP contribution in [0, 0.1) is 5.41 Å². The van der Waals surface area contributed by atoms with Crippen LogP contribution in [0.5, 0.6) is 0 Å². The molecule has 2 aliphatic rings. The number of carbonyl (C=O) groups excluding carboxylic acids is 1. The SMILES string of the molecule is CC1=C(C(=O)O)C(c2cccc(Cl)c2Cl)C2=C(CN(C)CC(C(C)OC(=O)C(C)(C)C)S2(=O)=O)N1. The van der Waals surface area contributed by atoms with E-state index < -0.39 is 44.5 Å². The van der Waals surface area contributed by atoms with Crippen LogP contribution in [0.4, 0.5) is 0 Å². The summed E-state index contributed by atoms with van der Waals surface area (Å²) in [5.74, 6) is -3.00. The molecule has 192 valence electrons. The molecule has 35 heavy (non-hydrogen) atoms. The molecule has 0 spiro atoms. The number of nitrogens with zero attached hydrogens (tertiary/aromatic N) is 1. The Morgan fingerprint density at radius 1 is 1.26 bits per heavy atom. The number of likely N-dealkylation sites (N-methyl/N-ethyl adjacent to an activating group) is 1. The lowest BCUT2D eigenvalue weighted by atomic mass is 9.86. The van der Waals surface area contributed by atoms with Gasteiger partial charge in [-0.15, -0.1) is 0 Å². The van der Waals surface area contributed by atoms with Crippen molar-refractivity contribution in [3.63, 3.8) is 0 Å². The molecule has 0 radical (unpaired) electrons. The molecule has 0 aliphatic carbocycles. The highest BCUT2D eigenvalue weighted by atomic mass is 35.5. The first kappa shape index (κ1) is 27.5. The van der Waals surface area contributed by atoms with E-state index in [4.69, 9.17) is 27.9 Å². The molecule has 8 nitrogen and oxygen atoms in total. The van der Waals surface area contributed by atoms with E-state index in [9.17, 15) is 23.1 Å². The van der Waals surface area contributed by atoms with Crippen LogP contribution in [0.1, 0.15) is 46.1 Å². The smallest absolute Gasteiger partial charge is 0.334 e. The molecule has 1 aromatic rings. The van der Waals surface area contributed by atoms with Crippen molar-refractivity contribution >= 4 is 45.0 Å². The predicted molar refractivity (Wildman–Crippen MR) is 135 cm³/mol. The predicted octanol–water partition coefficient (Wildman–Crippen LogP) is 3.96. The number of hydrogen-bond donors (Lipinski definition) is 2. The van der Waals surface area contributed by atoms with Crippen LogP contribution in [0.2, 0.25) is 10.0 Å². The Bertz CT molecular complexity index is 1230. The normalized spacial score (nSPS) is 23.8. The second kappa shape index (κ2) is 9.76. The van der Waals surface area contributed by atoms with E-state index in [2.05, 4.69) is 5.32 Å². The molecule has 3 atom stereocenters. The summed E-state index contributed by atoms with van der Waals surface area (Å²) in [6, 6.07) is 4.72. The molecule has 0 fully saturated rings. The third kappa shape index (κ3) is 5.23. The van der Waals surface area contributed by atoms with Crippen LogP contribution in [-0.4, -0.2) is 61.9 Å². The summed E-state index contributed by atoms with van der Waals surface area (Å²) in [7, 11) is -2.45. The number of sulfone groups is 1. The lowest BCUT2D eigenvalue weighted by Gasteiger charge is -2.33.